The number of benzene rings is 1. The van der Waals surface area contributed by atoms with Gasteiger partial charge < -0.3 is 10.2 Å². The molecule has 1 heterocycles. The van der Waals surface area contributed by atoms with Crippen LogP contribution < -0.4 is 10.2 Å². The maximum atomic E-state index is 8.92. The van der Waals surface area contributed by atoms with Crippen LogP contribution in [0.15, 0.2) is 22.7 Å². The Morgan fingerprint density at radius 1 is 1.53 bits per heavy atom. The topological polar surface area (TPSA) is 39.1 Å². The summed E-state index contributed by atoms with van der Waals surface area (Å²) in [6, 6.07) is 8.01. The number of hydrogen-bond acceptors (Lipinski definition) is 3. The highest BCUT2D eigenvalue weighted by atomic mass is 79.9. The van der Waals surface area contributed by atoms with E-state index in [9.17, 15) is 0 Å². The molecule has 2 rings (SSSR count). The van der Waals surface area contributed by atoms with Crippen molar-refractivity contribution < 1.29 is 0 Å². The molecule has 0 spiro atoms. The zero-order valence-electron chi connectivity index (χ0n) is 11.3. The number of anilines is 1. The van der Waals surface area contributed by atoms with E-state index < -0.39 is 0 Å². The third-order valence-electron chi connectivity index (χ3n) is 3.68. The van der Waals surface area contributed by atoms with Gasteiger partial charge in [-0.3, -0.25) is 0 Å². The third kappa shape index (κ3) is 3.71. The Hall–Kier alpha value is -1.05. The number of hydrogen-bond donors (Lipinski definition) is 1. The Balaban J connectivity index is 2.10. The van der Waals surface area contributed by atoms with E-state index in [1.807, 2.05) is 18.2 Å². The number of piperidine rings is 1. The SMILES string of the molecule is CCN(CC1CCCNC1)c1ccc(C#N)cc1Br. The number of nitrogens with one attached hydrogen (secondary N) is 1. The second-order valence-corrected chi connectivity index (χ2v) is 5.88. The standard InChI is InChI=1S/C15H20BrN3/c1-2-19(11-13-4-3-7-18-10-13)15-6-5-12(9-17)8-14(15)16/h5-6,8,13,18H,2-4,7,10-11H2,1H3. The number of halogens is 1. The first-order valence-corrected chi connectivity index (χ1v) is 7.69. The smallest absolute Gasteiger partial charge is 0.0992 e. The highest BCUT2D eigenvalue weighted by Gasteiger charge is 2.17. The fraction of sp³-hybridized carbons (Fsp3) is 0.533. The minimum atomic E-state index is 0.700. The Morgan fingerprint density at radius 3 is 2.95 bits per heavy atom. The summed E-state index contributed by atoms with van der Waals surface area (Å²) >= 11 is 3.59. The number of nitrogens with zero attached hydrogens (tertiary/aromatic N) is 2. The van der Waals surface area contributed by atoms with Gasteiger partial charge in [-0.1, -0.05) is 0 Å². The van der Waals surface area contributed by atoms with Gasteiger partial charge in [0.25, 0.3) is 0 Å². The molecule has 1 fully saturated rings. The van der Waals surface area contributed by atoms with Crippen molar-refractivity contribution in [1.82, 2.24) is 5.32 Å². The molecule has 4 heteroatoms. The lowest BCUT2D eigenvalue weighted by Gasteiger charge is -2.31. The van der Waals surface area contributed by atoms with Gasteiger partial charge in [0.2, 0.25) is 0 Å². The molecule has 0 aliphatic carbocycles. The summed E-state index contributed by atoms with van der Waals surface area (Å²) in [7, 11) is 0. The van der Waals surface area contributed by atoms with Crippen molar-refractivity contribution in [2.75, 3.05) is 31.1 Å². The van der Waals surface area contributed by atoms with Crippen LogP contribution in [-0.2, 0) is 0 Å². The van der Waals surface area contributed by atoms with Crippen LogP contribution in [0, 0.1) is 17.2 Å². The van der Waals surface area contributed by atoms with Crippen molar-refractivity contribution in [2.24, 2.45) is 5.92 Å². The zero-order valence-corrected chi connectivity index (χ0v) is 12.9. The molecule has 0 saturated carbocycles. The van der Waals surface area contributed by atoms with E-state index in [2.05, 4.69) is 39.1 Å². The van der Waals surface area contributed by atoms with E-state index in [1.165, 1.54) is 18.5 Å². The largest absolute Gasteiger partial charge is 0.371 e. The molecule has 1 aromatic carbocycles. The maximum Gasteiger partial charge on any atom is 0.0992 e. The molecule has 1 unspecified atom stereocenters. The zero-order chi connectivity index (χ0) is 13.7. The first-order valence-electron chi connectivity index (χ1n) is 6.90. The van der Waals surface area contributed by atoms with Gasteiger partial charge >= 0.3 is 0 Å². The highest BCUT2D eigenvalue weighted by Crippen LogP contribution is 2.28. The first-order chi connectivity index (χ1) is 9.24. The van der Waals surface area contributed by atoms with Gasteiger partial charge in [-0.2, -0.15) is 5.26 Å². The van der Waals surface area contributed by atoms with Gasteiger partial charge in [-0.15, -0.1) is 0 Å². The van der Waals surface area contributed by atoms with Crippen LogP contribution in [-0.4, -0.2) is 26.2 Å². The van der Waals surface area contributed by atoms with Crippen molar-refractivity contribution in [2.45, 2.75) is 19.8 Å². The summed E-state index contributed by atoms with van der Waals surface area (Å²) in [4.78, 5) is 2.39. The van der Waals surface area contributed by atoms with Gasteiger partial charge in [0.05, 0.1) is 17.3 Å². The van der Waals surface area contributed by atoms with E-state index in [1.54, 1.807) is 0 Å². The number of nitriles is 1. The molecule has 1 N–H and O–H groups in total. The minimum Gasteiger partial charge on any atom is -0.371 e. The van der Waals surface area contributed by atoms with Crippen LogP contribution in [0.1, 0.15) is 25.3 Å². The van der Waals surface area contributed by atoms with Crippen LogP contribution in [0.3, 0.4) is 0 Å². The van der Waals surface area contributed by atoms with Gasteiger partial charge in [-0.05, 0) is 72.9 Å². The van der Waals surface area contributed by atoms with Crippen molar-refractivity contribution >= 4 is 21.6 Å². The van der Waals surface area contributed by atoms with Crippen LogP contribution in [0.25, 0.3) is 0 Å². The monoisotopic (exact) mass is 321 g/mol. The van der Waals surface area contributed by atoms with E-state index in [-0.39, 0.29) is 0 Å². The van der Waals surface area contributed by atoms with E-state index >= 15 is 0 Å². The summed E-state index contributed by atoms with van der Waals surface area (Å²) in [5.41, 5.74) is 1.89. The molecule has 0 amide bonds. The second-order valence-electron chi connectivity index (χ2n) is 5.03. The molecule has 1 aliphatic heterocycles. The van der Waals surface area contributed by atoms with Crippen LogP contribution >= 0.6 is 15.9 Å². The van der Waals surface area contributed by atoms with Crippen molar-refractivity contribution in [3.05, 3.63) is 28.2 Å². The molecular weight excluding hydrogens is 302 g/mol. The average Bonchev–Trinajstić information content (AvgIpc) is 2.46. The average molecular weight is 322 g/mol. The van der Waals surface area contributed by atoms with Gasteiger partial charge in [0, 0.05) is 17.6 Å². The molecule has 1 saturated heterocycles. The Morgan fingerprint density at radius 2 is 2.37 bits per heavy atom. The fourth-order valence-electron chi connectivity index (χ4n) is 2.62. The molecule has 19 heavy (non-hydrogen) atoms. The van der Waals surface area contributed by atoms with E-state index in [0.717, 1.165) is 36.6 Å². The Bertz CT molecular complexity index is 461. The molecule has 0 bridgehead atoms. The van der Waals surface area contributed by atoms with Crippen molar-refractivity contribution in [3.63, 3.8) is 0 Å². The highest BCUT2D eigenvalue weighted by molar-refractivity contribution is 9.10. The first kappa shape index (κ1) is 14.4. The fourth-order valence-corrected chi connectivity index (χ4v) is 3.25. The maximum absolute atomic E-state index is 8.92. The summed E-state index contributed by atoms with van der Waals surface area (Å²) in [5, 5.41) is 12.4. The van der Waals surface area contributed by atoms with Gasteiger partial charge in [0.1, 0.15) is 0 Å². The second kappa shape index (κ2) is 6.93. The lowest BCUT2D eigenvalue weighted by atomic mass is 9.99. The van der Waals surface area contributed by atoms with Crippen molar-refractivity contribution in [1.29, 1.82) is 5.26 Å². The molecular formula is C15H20BrN3. The molecule has 1 atom stereocenters. The predicted octanol–water partition coefficient (Wildman–Crippen LogP) is 3.15. The minimum absolute atomic E-state index is 0.700. The summed E-state index contributed by atoms with van der Waals surface area (Å²) in [6.07, 6.45) is 2.58. The Labute approximate surface area is 123 Å². The van der Waals surface area contributed by atoms with Crippen LogP contribution in [0.4, 0.5) is 5.69 Å². The molecule has 0 radical (unpaired) electrons. The molecule has 1 aromatic rings. The molecule has 102 valence electrons. The lowest BCUT2D eigenvalue weighted by molar-refractivity contribution is 0.378. The Kier molecular flexibility index (Phi) is 5.24. The van der Waals surface area contributed by atoms with E-state index in [0.29, 0.717) is 5.56 Å². The summed E-state index contributed by atoms with van der Waals surface area (Å²) in [6.45, 7) is 6.52. The molecule has 3 nitrogen and oxygen atoms in total. The van der Waals surface area contributed by atoms with Gasteiger partial charge in [0.15, 0.2) is 0 Å². The van der Waals surface area contributed by atoms with Crippen molar-refractivity contribution in [3.8, 4) is 6.07 Å². The summed E-state index contributed by atoms with van der Waals surface area (Å²) < 4.78 is 1.01. The molecule has 0 aromatic heterocycles. The summed E-state index contributed by atoms with van der Waals surface area (Å²) in [5.74, 6) is 0.719. The quantitative estimate of drug-likeness (QED) is 0.925. The number of rotatable bonds is 4. The third-order valence-corrected chi connectivity index (χ3v) is 4.31. The van der Waals surface area contributed by atoms with Crippen LogP contribution in [0.5, 0.6) is 0 Å². The predicted molar refractivity (Wildman–Crippen MR) is 82.3 cm³/mol. The normalized spacial score (nSPS) is 18.9. The van der Waals surface area contributed by atoms with Gasteiger partial charge in [-0.25, -0.2) is 0 Å². The van der Waals surface area contributed by atoms with Crippen LogP contribution in [0.2, 0.25) is 0 Å². The van der Waals surface area contributed by atoms with E-state index in [4.69, 9.17) is 5.26 Å². The molecule has 1 aliphatic rings. The lowest BCUT2D eigenvalue weighted by Crippen LogP contribution is -2.38.